The monoisotopic (exact) mass is 712 g/mol. The fourth-order valence-corrected chi connectivity index (χ4v) is 7.62. The maximum atomic E-state index is 12.4. The molecule has 2 aliphatic carbocycles. The zero-order valence-corrected chi connectivity index (χ0v) is 25.3. The molecule has 0 bridgehead atoms. The van der Waals surface area contributed by atoms with Crippen LogP contribution >= 0.6 is 45.2 Å². The fourth-order valence-electron chi connectivity index (χ4n) is 6.99. The minimum absolute atomic E-state index is 0.00250. The topological polar surface area (TPSA) is 66.4 Å². The Morgan fingerprint density at radius 1 is 0.667 bits per heavy atom. The lowest BCUT2D eigenvalue weighted by Gasteiger charge is -2.29. The first-order valence-corrected chi connectivity index (χ1v) is 15.3. The molecule has 4 aliphatic rings. The van der Waals surface area contributed by atoms with Crippen LogP contribution in [-0.2, 0) is 9.59 Å². The largest absolute Gasteiger partial charge is 0.342 e. The summed E-state index contributed by atoms with van der Waals surface area (Å²) in [5, 5.41) is 0. The number of amides is 2. The summed E-state index contributed by atoms with van der Waals surface area (Å²) < 4.78 is 2.24. The van der Waals surface area contributed by atoms with Crippen LogP contribution in [0.2, 0.25) is 0 Å². The molecule has 36 heavy (non-hydrogen) atoms. The van der Waals surface area contributed by atoms with Crippen LogP contribution in [-0.4, -0.2) is 57.8 Å². The van der Waals surface area contributed by atoms with E-state index >= 15 is 0 Å². The molecule has 6 nitrogen and oxygen atoms in total. The molecule has 2 aromatic rings. The average Bonchev–Trinajstić information content (AvgIpc) is 3.30. The molecule has 0 unspecified atom stereocenters. The number of hydrogen-bond acceptors (Lipinski definition) is 4. The first kappa shape index (κ1) is 26.3. The Bertz CT molecular complexity index is 1010. The first-order chi connectivity index (χ1) is 17.4. The van der Waals surface area contributed by atoms with Gasteiger partial charge in [0.15, 0.2) is 0 Å². The number of nitrogens with zero attached hydrogens (tertiary/aromatic N) is 4. The molecular formula is C28H34I2N4O2. The van der Waals surface area contributed by atoms with Gasteiger partial charge in [0, 0.05) is 45.7 Å². The van der Waals surface area contributed by atoms with Gasteiger partial charge in [-0.2, -0.15) is 0 Å². The highest BCUT2D eigenvalue weighted by molar-refractivity contribution is 14.1. The SMILES string of the molecule is CN1C(=O)[C@@H](c2ccc(I)cn2)[C@@H]2CCCC[C@@H]21.CN1C(=O)[C@H](c2ccc(I)cn2)[C@@H]2CCCC[C@@H]21. The van der Waals surface area contributed by atoms with Crippen LogP contribution in [0.25, 0.3) is 0 Å². The Labute approximate surface area is 241 Å². The third kappa shape index (κ3) is 5.05. The van der Waals surface area contributed by atoms with Crippen LogP contribution in [0.15, 0.2) is 36.7 Å². The maximum absolute atomic E-state index is 12.4. The van der Waals surface area contributed by atoms with Crippen LogP contribution in [0.5, 0.6) is 0 Å². The van der Waals surface area contributed by atoms with Crippen molar-refractivity contribution in [2.45, 2.75) is 75.3 Å². The number of carbonyl (C=O) groups excluding carboxylic acids is 2. The molecule has 2 amide bonds. The van der Waals surface area contributed by atoms with Gasteiger partial charge in [-0.15, -0.1) is 0 Å². The third-order valence-corrected chi connectivity index (χ3v) is 10.1. The van der Waals surface area contributed by atoms with Gasteiger partial charge in [0.25, 0.3) is 0 Å². The van der Waals surface area contributed by atoms with Crippen LogP contribution in [0.1, 0.15) is 74.6 Å². The molecule has 2 saturated heterocycles. The number of hydrogen-bond donors (Lipinski definition) is 0. The molecule has 4 heterocycles. The normalized spacial score (nSPS) is 31.6. The summed E-state index contributed by atoms with van der Waals surface area (Å²) in [6, 6.07) is 9.03. The quantitative estimate of drug-likeness (QED) is 0.381. The Kier molecular flexibility index (Phi) is 8.19. The molecule has 8 heteroatoms. The smallest absolute Gasteiger partial charge is 0.232 e. The highest BCUT2D eigenvalue weighted by Crippen LogP contribution is 2.45. The second kappa shape index (κ2) is 11.2. The van der Waals surface area contributed by atoms with Crippen molar-refractivity contribution in [3.8, 4) is 0 Å². The summed E-state index contributed by atoms with van der Waals surface area (Å²) in [6.45, 7) is 0. The lowest BCUT2D eigenvalue weighted by atomic mass is 9.78. The van der Waals surface area contributed by atoms with Gasteiger partial charge in [0.1, 0.15) is 0 Å². The number of halogens is 2. The van der Waals surface area contributed by atoms with Gasteiger partial charge < -0.3 is 9.80 Å². The highest BCUT2D eigenvalue weighted by atomic mass is 127. The van der Waals surface area contributed by atoms with E-state index in [2.05, 4.69) is 55.1 Å². The van der Waals surface area contributed by atoms with Crippen molar-refractivity contribution in [2.24, 2.45) is 11.8 Å². The molecule has 2 aliphatic heterocycles. The maximum Gasteiger partial charge on any atom is 0.232 e. The minimum atomic E-state index is -0.00250. The molecule has 6 rings (SSSR count). The van der Waals surface area contributed by atoms with Gasteiger partial charge in [-0.05, 0) is 107 Å². The van der Waals surface area contributed by atoms with Gasteiger partial charge in [-0.25, -0.2) is 0 Å². The van der Waals surface area contributed by atoms with E-state index in [0.717, 1.165) is 31.4 Å². The second-order valence-electron chi connectivity index (χ2n) is 10.7. The summed E-state index contributed by atoms with van der Waals surface area (Å²) in [5.74, 6) is 1.48. The predicted octanol–water partition coefficient (Wildman–Crippen LogP) is 5.60. The van der Waals surface area contributed by atoms with Gasteiger partial charge in [0.2, 0.25) is 11.8 Å². The lowest BCUT2D eigenvalue weighted by molar-refractivity contribution is -0.129. The van der Waals surface area contributed by atoms with Gasteiger partial charge in [-0.3, -0.25) is 19.6 Å². The van der Waals surface area contributed by atoms with E-state index in [1.807, 2.05) is 60.6 Å². The average molecular weight is 712 g/mol. The Morgan fingerprint density at radius 2 is 1.06 bits per heavy atom. The summed E-state index contributed by atoms with van der Waals surface area (Å²) >= 11 is 4.50. The minimum Gasteiger partial charge on any atom is -0.342 e. The van der Waals surface area contributed by atoms with E-state index in [1.54, 1.807) is 0 Å². The second-order valence-corrected chi connectivity index (χ2v) is 13.2. The number of fused-ring (bicyclic) bond motifs is 2. The molecule has 0 N–H and O–H groups in total. The van der Waals surface area contributed by atoms with Crippen LogP contribution in [0, 0.1) is 19.0 Å². The molecule has 192 valence electrons. The molecular weight excluding hydrogens is 678 g/mol. The number of pyridine rings is 2. The Hall–Kier alpha value is -1.30. The zero-order chi connectivity index (χ0) is 25.4. The van der Waals surface area contributed by atoms with Crippen molar-refractivity contribution in [3.05, 3.63) is 55.2 Å². The van der Waals surface area contributed by atoms with Crippen molar-refractivity contribution < 1.29 is 9.59 Å². The van der Waals surface area contributed by atoms with Crippen molar-refractivity contribution in [3.63, 3.8) is 0 Å². The molecule has 6 atom stereocenters. The van der Waals surface area contributed by atoms with E-state index in [-0.39, 0.29) is 23.7 Å². The van der Waals surface area contributed by atoms with E-state index in [4.69, 9.17) is 0 Å². The number of aromatic nitrogens is 2. The first-order valence-electron chi connectivity index (χ1n) is 13.1. The molecule has 0 spiro atoms. The summed E-state index contributed by atoms with van der Waals surface area (Å²) in [4.78, 5) is 37.8. The summed E-state index contributed by atoms with van der Waals surface area (Å²) in [5.41, 5.74) is 1.92. The number of likely N-dealkylation sites (tertiary alicyclic amines) is 2. The van der Waals surface area contributed by atoms with Crippen LogP contribution in [0.4, 0.5) is 0 Å². The van der Waals surface area contributed by atoms with Gasteiger partial charge >= 0.3 is 0 Å². The van der Waals surface area contributed by atoms with Crippen molar-refractivity contribution >= 4 is 57.0 Å². The standard InChI is InChI=1S/2C14H17IN2O/c2*1-17-12-5-3-2-4-10(12)13(14(17)18)11-7-6-9(15)8-16-11/h2*6-8,10,12-13H,2-5H2,1H3/t10-,12+,13+;10-,12+,13-/m11/s1. The summed E-state index contributed by atoms with van der Waals surface area (Å²) in [7, 11) is 3.91. The molecule has 0 aromatic carbocycles. The molecule has 0 radical (unpaired) electrons. The molecule has 4 fully saturated rings. The van der Waals surface area contributed by atoms with Crippen molar-refractivity contribution in [1.82, 2.24) is 19.8 Å². The number of likely N-dealkylation sites (N-methyl/N-ethyl adjacent to an activating group) is 2. The van der Waals surface area contributed by atoms with Crippen LogP contribution in [0.3, 0.4) is 0 Å². The zero-order valence-electron chi connectivity index (χ0n) is 20.9. The Morgan fingerprint density at radius 3 is 1.42 bits per heavy atom. The Balaban J connectivity index is 0.000000148. The van der Waals surface area contributed by atoms with Crippen molar-refractivity contribution in [2.75, 3.05) is 14.1 Å². The predicted molar refractivity (Wildman–Crippen MR) is 156 cm³/mol. The third-order valence-electron chi connectivity index (χ3n) is 8.78. The van der Waals surface area contributed by atoms with E-state index in [1.165, 1.54) is 38.5 Å². The van der Waals surface area contributed by atoms with E-state index in [0.29, 0.717) is 23.9 Å². The highest BCUT2D eigenvalue weighted by Gasteiger charge is 2.49. The number of rotatable bonds is 2. The molecule has 2 aromatic heterocycles. The van der Waals surface area contributed by atoms with Crippen molar-refractivity contribution in [1.29, 1.82) is 0 Å². The fraction of sp³-hybridized carbons (Fsp3) is 0.571. The summed E-state index contributed by atoms with van der Waals surface area (Å²) in [6.07, 6.45) is 13.4. The van der Waals surface area contributed by atoms with E-state index in [9.17, 15) is 9.59 Å². The lowest BCUT2D eigenvalue weighted by Crippen LogP contribution is -2.33. The van der Waals surface area contributed by atoms with Gasteiger partial charge in [-0.1, -0.05) is 25.7 Å². The molecule has 2 saturated carbocycles. The number of carbonyl (C=O) groups is 2. The van der Waals surface area contributed by atoms with E-state index < -0.39 is 0 Å². The van der Waals surface area contributed by atoms with Gasteiger partial charge in [0.05, 0.1) is 23.2 Å². The van der Waals surface area contributed by atoms with Crippen LogP contribution < -0.4 is 0 Å².